The van der Waals surface area contributed by atoms with Crippen LogP contribution in [0.1, 0.15) is 125 Å². The van der Waals surface area contributed by atoms with Crippen LogP contribution in [0.25, 0.3) is 0 Å². The SMILES string of the molecule is CC(C)C(C)C(C)C(C)C(C)C(C)C(C)C(C)C(C)C(C)C(C)C(C)C(C)C(C)C(C)C(C)C. The molecule has 0 nitrogen and oxygen atoms in total. The Morgan fingerprint density at radius 3 is 0.324 bits per heavy atom. The molecule has 0 aliphatic heterocycles. The fourth-order valence-corrected chi connectivity index (χ4v) is 6.96. The monoisotopic (exact) mass is 479 g/mol. The Morgan fingerprint density at radius 2 is 0.235 bits per heavy atom. The van der Waals surface area contributed by atoms with E-state index in [2.05, 4.69) is 125 Å². The largest absolute Gasteiger partial charge is 0.0625 e. The Labute approximate surface area is 219 Å². The van der Waals surface area contributed by atoms with Gasteiger partial charge in [0.25, 0.3) is 0 Å². The zero-order valence-electron chi connectivity index (χ0n) is 27.2. The van der Waals surface area contributed by atoms with Gasteiger partial charge in [-0.2, -0.15) is 0 Å². The van der Waals surface area contributed by atoms with Gasteiger partial charge in [0.2, 0.25) is 0 Å². The average Bonchev–Trinajstić information content (AvgIpc) is 2.81. The van der Waals surface area contributed by atoms with Gasteiger partial charge < -0.3 is 0 Å². The van der Waals surface area contributed by atoms with Crippen molar-refractivity contribution in [3.05, 3.63) is 0 Å². The number of hydrogen-bond donors (Lipinski definition) is 0. The average molecular weight is 479 g/mol. The first-order chi connectivity index (χ1) is 15.4. The molecule has 0 fully saturated rings. The highest BCUT2D eigenvalue weighted by molar-refractivity contribution is 4.86. The molecule has 0 aromatic carbocycles. The second kappa shape index (κ2) is 14.7. The maximum absolute atomic E-state index is 2.56. The van der Waals surface area contributed by atoms with Crippen molar-refractivity contribution in [1.29, 1.82) is 0 Å². The molecule has 0 saturated heterocycles. The zero-order chi connectivity index (χ0) is 27.2. The summed E-state index contributed by atoms with van der Waals surface area (Å²) in [7, 11) is 0. The lowest BCUT2D eigenvalue weighted by Gasteiger charge is -2.43. The van der Waals surface area contributed by atoms with Crippen LogP contribution in [0.4, 0.5) is 0 Å². The molecule has 206 valence electrons. The van der Waals surface area contributed by atoms with E-state index in [1.165, 1.54) is 0 Å². The summed E-state index contributed by atoms with van der Waals surface area (Å²) < 4.78 is 0. The first-order valence-electron chi connectivity index (χ1n) is 15.4. The first-order valence-corrected chi connectivity index (χ1v) is 15.4. The molecule has 0 rings (SSSR count). The molecule has 0 N–H and O–H groups in total. The van der Waals surface area contributed by atoms with Crippen molar-refractivity contribution in [2.45, 2.75) is 125 Å². The molecule has 14 atom stereocenters. The summed E-state index contributed by atoms with van der Waals surface area (Å²) in [5.41, 5.74) is 0. The van der Waals surface area contributed by atoms with Crippen molar-refractivity contribution < 1.29 is 0 Å². The Balaban J connectivity index is 5.28. The summed E-state index contributed by atoms with van der Waals surface area (Å²) in [4.78, 5) is 0. The van der Waals surface area contributed by atoms with Gasteiger partial charge in [0.05, 0.1) is 0 Å². The molecule has 0 amide bonds. The summed E-state index contributed by atoms with van der Waals surface area (Å²) in [5.74, 6) is 12.4. The van der Waals surface area contributed by atoms with Gasteiger partial charge in [-0.15, -0.1) is 0 Å². The maximum Gasteiger partial charge on any atom is -0.0386 e. The Hall–Kier alpha value is 0. The molecular weight excluding hydrogens is 408 g/mol. The standard InChI is InChI=1S/C34H70/c1-19(2)21(5)23(7)25(9)27(11)29(13)31(15)33(17)34(18)32(16)30(14)28(12)26(10)24(8)22(6)20(3)4/h19-34H,1-18H3. The second-order valence-corrected chi connectivity index (χ2v) is 14.5. The molecule has 0 radical (unpaired) electrons. The van der Waals surface area contributed by atoms with E-state index in [-0.39, 0.29) is 0 Å². The van der Waals surface area contributed by atoms with Gasteiger partial charge in [0.15, 0.2) is 0 Å². The van der Waals surface area contributed by atoms with Crippen molar-refractivity contribution in [2.24, 2.45) is 94.7 Å². The summed E-state index contributed by atoms with van der Waals surface area (Å²) >= 11 is 0. The van der Waals surface area contributed by atoms with Crippen LogP contribution < -0.4 is 0 Å². The Morgan fingerprint density at radius 1 is 0.147 bits per heavy atom. The van der Waals surface area contributed by atoms with Crippen LogP contribution in [0.3, 0.4) is 0 Å². The molecule has 34 heavy (non-hydrogen) atoms. The highest BCUT2D eigenvalue weighted by Gasteiger charge is 2.37. The fraction of sp³-hybridized carbons (Fsp3) is 1.00. The Bertz CT molecular complexity index is 484. The van der Waals surface area contributed by atoms with E-state index in [1.807, 2.05) is 0 Å². The van der Waals surface area contributed by atoms with Crippen LogP contribution in [0.15, 0.2) is 0 Å². The number of rotatable bonds is 15. The minimum atomic E-state index is 0.759. The molecule has 0 heterocycles. The van der Waals surface area contributed by atoms with E-state index in [0.717, 1.165) is 94.7 Å². The molecule has 0 spiro atoms. The predicted octanol–water partition coefficient (Wildman–Crippen LogP) is 11.2. The van der Waals surface area contributed by atoms with Gasteiger partial charge >= 0.3 is 0 Å². The predicted molar refractivity (Wildman–Crippen MR) is 158 cm³/mol. The molecular formula is C34H70. The summed E-state index contributed by atoms with van der Waals surface area (Å²) in [6.45, 7) is 45.0. The number of hydrogen-bond acceptors (Lipinski definition) is 0. The van der Waals surface area contributed by atoms with Crippen LogP contribution in [0, 0.1) is 94.7 Å². The topological polar surface area (TPSA) is 0 Å². The molecule has 0 heteroatoms. The minimum absolute atomic E-state index is 0.759. The van der Waals surface area contributed by atoms with Crippen molar-refractivity contribution in [1.82, 2.24) is 0 Å². The summed E-state index contributed by atoms with van der Waals surface area (Å²) in [6.07, 6.45) is 0. The molecule has 0 aromatic heterocycles. The summed E-state index contributed by atoms with van der Waals surface area (Å²) in [6, 6.07) is 0. The van der Waals surface area contributed by atoms with Crippen LogP contribution in [0.2, 0.25) is 0 Å². The third-order valence-corrected chi connectivity index (χ3v) is 12.9. The van der Waals surface area contributed by atoms with Gasteiger partial charge in [-0.3, -0.25) is 0 Å². The third kappa shape index (κ3) is 8.54. The second-order valence-electron chi connectivity index (χ2n) is 14.5. The molecule has 0 aliphatic carbocycles. The summed E-state index contributed by atoms with van der Waals surface area (Å²) in [5, 5.41) is 0. The van der Waals surface area contributed by atoms with Crippen LogP contribution in [-0.4, -0.2) is 0 Å². The van der Waals surface area contributed by atoms with Crippen molar-refractivity contribution >= 4 is 0 Å². The van der Waals surface area contributed by atoms with E-state index in [0.29, 0.717) is 0 Å². The van der Waals surface area contributed by atoms with Crippen molar-refractivity contribution in [2.75, 3.05) is 0 Å². The van der Waals surface area contributed by atoms with Gasteiger partial charge in [-0.05, 0) is 94.7 Å². The van der Waals surface area contributed by atoms with Gasteiger partial charge in [-0.25, -0.2) is 0 Å². The zero-order valence-corrected chi connectivity index (χ0v) is 27.2. The highest BCUT2D eigenvalue weighted by atomic mass is 14.4. The third-order valence-electron chi connectivity index (χ3n) is 12.9. The molecule has 14 unspecified atom stereocenters. The smallest absolute Gasteiger partial charge is 0.0386 e. The minimum Gasteiger partial charge on any atom is -0.0625 e. The van der Waals surface area contributed by atoms with Crippen LogP contribution in [0.5, 0.6) is 0 Å². The normalized spacial score (nSPS) is 25.4. The lowest BCUT2D eigenvalue weighted by molar-refractivity contribution is 0.0553. The van der Waals surface area contributed by atoms with Gasteiger partial charge in [-0.1, -0.05) is 125 Å². The van der Waals surface area contributed by atoms with E-state index >= 15 is 0 Å². The lowest BCUT2D eigenvalue weighted by Crippen LogP contribution is -2.37. The highest BCUT2D eigenvalue weighted by Crippen LogP contribution is 2.44. The first kappa shape index (κ1) is 34.0. The van der Waals surface area contributed by atoms with E-state index in [1.54, 1.807) is 0 Å². The molecule has 0 bridgehead atoms. The van der Waals surface area contributed by atoms with Gasteiger partial charge in [0, 0.05) is 0 Å². The van der Waals surface area contributed by atoms with Crippen molar-refractivity contribution in [3.8, 4) is 0 Å². The Kier molecular flexibility index (Phi) is 14.7. The quantitative estimate of drug-likeness (QED) is 0.219. The van der Waals surface area contributed by atoms with E-state index in [4.69, 9.17) is 0 Å². The van der Waals surface area contributed by atoms with E-state index in [9.17, 15) is 0 Å². The van der Waals surface area contributed by atoms with E-state index < -0.39 is 0 Å². The maximum atomic E-state index is 2.56. The van der Waals surface area contributed by atoms with Crippen LogP contribution >= 0.6 is 0 Å². The molecule has 0 aliphatic rings. The molecule has 0 aromatic rings. The lowest BCUT2D eigenvalue weighted by atomic mass is 9.62. The van der Waals surface area contributed by atoms with Crippen LogP contribution in [-0.2, 0) is 0 Å². The van der Waals surface area contributed by atoms with Gasteiger partial charge in [0.1, 0.15) is 0 Å². The molecule has 0 saturated carbocycles. The fourth-order valence-electron chi connectivity index (χ4n) is 6.96. The van der Waals surface area contributed by atoms with Crippen molar-refractivity contribution in [3.63, 3.8) is 0 Å².